The van der Waals surface area contributed by atoms with Crippen molar-refractivity contribution in [3.8, 4) is 5.75 Å². The second-order valence-electron chi connectivity index (χ2n) is 3.91. The van der Waals surface area contributed by atoms with Crippen molar-refractivity contribution in [1.29, 1.82) is 0 Å². The summed E-state index contributed by atoms with van der Waals surface area (Å²) in [7, 11) is 1.43. The minimum atomic E-state index is -1.06. The molecular formula is C12H16N2O4. The zero-order valence-corrected chi connectivity index (χ0v) is 10.5. The van der Waals surface area contributed by atoms with Crippen LogP contribution in [0, 0.1) is 0 Å². The fraction of sp³-hybridized carbons (Fsp3) is 0.417. The van der Waals surface area contributed by atoms with Crippen LogP contribution in [0.3, 0.4) is 0 Å². The first-order chi connectivity index (χ1) is 8.43. The summed E-state index contributed by atoms with van der Waals surface area (Å²) in [6, 6.07) is 2.48. The van der Waals surface area contributed by atoms with E-state index < -0.39 is 24.0 Å². The zero-order valence-electron chi connectivity index (χ0n) is 10.5. The number of carbonyl (C=O) groups excluding carboxylic acids is 1. The van der Waals surface area contributed by atoms with Crippen molar-refractivity contribution < 1.29 is 19.4 Å². The van der Waals surface area contributed by atoms with Crippen LogP contribution in [-0.4, -0.2) is 46.1 Å². The first-order valence-corrected chi connectivity index (χ1v) is 5.49. The lowest BCUT2D eigenvalue weighted by molar-refractivity contribution is -0.150. The lowest BCUT2D eigenvalue weighted by Gasteiger charge is -2.25. The number of carboxylic acids is 1. The molecule has 0 saturated heterocycles. The fourth-order valence-corrected chi connectivity index (χ4v) is 1.31. The van der Waals surface area contributed by atoms with E-state index in [9.17, 15) is 9.59 Å². The summed E-state index contributed by atoms with van der Waals surface area (Å²) in [6.45, 7) is 3.01. The van der Waals surface area contributed by atoms with Crippen molar-refractivity contribution in [3.63, 3.8) is 0 Å². The summed E-state index contributed by atoms with van der Waals surface area (Å²) in [5, 5.41) is 8.83. The highest BCUT2D eigenvalue weighted by molar-refractivity contribution is 5.85. The van der Waals surface area contributed by atoms with Gasteiger partial charge in [-0.05, 0) is 26.0 Å². The van der Waals surface area contributed by atoms with Crippen LogP contribution in [0.2, 0.25) is 0 Å². The van der Waals surface area contributed by atoms with Gasteiger partial charge in [-0.1, -0.05) is 0 Å². The predicted octanol–water partition coefficient (Wildman–Crippen LogP) is 0.780. The van der Waals surface area contributed by atoms with Crippen LogP contribution in [0.25, 0.3) is 0 Å². The van der Waals surface area contributed by atoms with E-state index in [4.69, 9.17) is 9.84 Å². The van der Waals surface area contributed by atoms with Gasteiger partial charge in [-0.25, -0.2) is 4.79 Å². The average Bonchev–Trinajstić information content (AvgIpc) is 2.37. The van der Waals surface area contributed by atoms with Gasteiger partial charge in [0.1, 0.15) is 11.8 Å². The highest BCUT2D eigenvalue weighted by atomic mass is 16.5. The van der Waals surface area contributed by atoms with Gasteiger partial charge in [0.2, 0.25) is 0 Å². The minimum Gasteiger partial charge on any atom is -0.480 e. The van der Waals surface area contributed by atoms with E-state index in [0.717, 1.165) is 4.90 Å². The lowest BCUT2D eigenvalue weighted by Crippen LogP contribution is -2.46. The molecular weight excluding hydrogens is 236 g/mol. The molecule has 1 rings (SSSR count). The van der Waals surface area contributed by atoms with Gasteiger partial charge in [-0.15, -0.1) is 0 Å². The molecule has 0 aliphatic heterocycles. The fourth-order valence-electron chi connectivity index (χ4n) is 1.31. The Bertz CT molecular complexity index is 421. The molecule has 0 aliphatic rings. The molecule has 0 bridgehead atoms. The van der Waals surface area contributed by atoms with Gasteiger partial charge in [0.15, 0.2) is 6.10 Å². The number of aromatic nitrogens is 1. The number of likely N-dealkylation sites (N-methyl/N-ethyl adjacent to an activating group) is 1. The molecule has 2 unspecified atom stereocenters. The van der Waals surface area contributed by atoms with Crippen LogP contribution < -0.4 is 4.74 Å². The van der Waals surface area contributed by atoms with E-state index in [2.05, 4.69) is 4.98 Å². The largest absolute Gasteiger partial charge is 0.480 e. The normalized spacial score (nSPS) is 13.5. The number of rotatable bonds is 5. The van der Waals surface area contributed by atoms with Crippen LogP contribution in [0.15, 0.2) is 24.5 Å². The highest BCUT2D eigenvalue weighted by Gasteiger charge is 2.26. The van der Waals surface area contributed by atoms with E-state index in [-0.39, 0.29) is 0 Å². The van der Waals surface area contributed by atoms with Crippen molar-refractivity contribution in [2.24, 2.45) is 0 Å². The van der Waals surface area contributed by atoms with Crippen molar-refractivity contribution in [2.75, 3.05) is 7.05 Å². The molecule has 18 heavy (non-hydrogen) atoms. The second-order valence-corrected chi connectivity index (χ2v) is 3.91. The number of amides is 1. The van der Waals surface area contributed by atoms with Gasteiger partial charge in [-0.2, -0.15) is 0 Å². The number of ether oxygens (including phenoxy) is 1. The van der Waals surface area contributed by atoms with Crippen LogP contribution in [0.4, 0.5) is 0 Å². The van der Waals surface area contributed by atoms with Gasteiger partial charge in [0.25, 0.3) is 5.91 Å². The van der Waals surface area contributed by atoms with Crippen LogP contribution in [0.5, 0.6) is 5.75 Å². The van der Waals surface area contributed by atoms with E-state index in [1.807, 2.05) is 0 Å². The first-order valence-electron chi connectivity index (χ1n) is 5.49. The quantitative estimate of drug-likeness (QED) is 0.837. The third kappa shape index (κ3) is 3.44. The molecule has 0 saturated carbocycles. The number of carbonyl (C=O) groups is 2. The van der Waals surface area contributed by atoms with Crippen molar-refractivity contribution >= 4 is 11.9 Å². The minimum absolute atomic E-state index is 0.395. The van der Waals surface area contributed by atoms with Gasteiger partial charge < -0.3 is 14.7 Å². The molecule has 6 nitrogen and oxygen atoms in total. The number of hydrogen-bond donors (Lipinski definition) is 1. The summed E-state index contributed by atoms with van der Waals surface area (Å²) in [5.74, 6) is -0.983. The molecule has 1 heterocycles. The van der Waals surface area contributed by atoms with E-state index in [0.29, 0.717) is 5.75 Å². The number of hydrogen-bond acceptors (Lipinski definition) is 4. The Morgan fingerprint density at radius 2 is 2.11 bits per heavy atom. The number of pyridine rings is 1. The Morgan fingerprint density at radius 1 is 1.44 bits per heavy atom. The molecule has 0 aliphatic carbocycles. The monoisotopic (exact) mass is 252 g/mol. The van der Waals surface area contributed by atoms with Gasteiger partial charge in [-0.3, -0.25) is 9.78 Å². The summed E-state index contributed by atoms with van der Waals surface area (Å²) in [4.78, 5) is 27.7. The number of nitrogens with zero attached hydrogens (tertiary/aromatic N) is 2. The van der Waals surface area contributed by atoms with Crippen molar-refractivity contribution in [1.82, 2.24) is 9.88 Å². The average molecular weight is 252 g/mol. The van der Waals surface area contributed by atoms with Gasteiger partial charge in [0.05, 0.1) is 6.20 Å². The Hall–Kier alpha value is -2.11. The molecule has 0 aromatic carbocycles. The summed E-state index contributed by atoms with van der Waals surface area (Å²) in [6.07, 6.45) is 2.32. The van der Waals surface area contributed by atoms with Gasteiger partial charge in [0, 0.05) is 13.2 Å². The molecule has 0 spiro atoms. The number of aliphatic carboxylic acids is 1. The molecule has 98 valence electrons. The molecule has 1 N–H and O–H groups in total. The zero-order chi connectivity index (χ0) is 13.7. The molecule has 0 radical (unpaired) electrons. The first kappa shape index (κ1) is 14.0. The molecule has 2 atom stereocenters. The standard InChI is InChI=1S/C12H16N2O4/c1-8(12(16)17)14(3)11(15)9(2)18-10-5-4-6-13-7-10/h4-9H,1-3H3,(H,16,17). The predicted molar refractivity (Wildman–Crippen MR) is 64.2 cm³/mol. The highest BCUT2D eigenvalue weighted by Crippen LogP contribution is 2.11. The molecule has 1 aromatic rings. The Morgan fingerprint density at radius 3 is 2.61 bits per heavy atom. The van der Waals surface area contributed by atoms with Crippen molar-refractivity contribution in [2.45, 2.75) is 26.0 Å². The smallest absolute Gasteiger partial charge is 0.326 e. The van der Waals surface area contributed by atoms with Crippen LogP contribution in [-0.2, 0) is 9.59 Å². The van der Waals surface area contributed by atoms with E-state index >= 15 is 0 Å². The second kappa shape index (κ2) is 6.00. The van der Waals surface area contributed by atoms with E-state index in [1.54, 1.807) is 25.3 Å². The summed E-state index contributed by atoms with van der Waals surface area (Å²) in [5.41, 5.74) is 0. The maximum absolute atomic E-state index is 11.9. The maximum atomic E-state index is 11.9. The molecule has 0 fully saturated rings. The van der Waals surface area contributed by atoms with Crippen molar-refractivity contribution in [3.05, 3.63) is 24.5 Å². The Kier molecular flexibility index (Phi) is 4.65. The molecule has 6 heteroatoms. The molecule has 1 amide bonds. The maximum Gasteiger partial charge on any atom is 0.326 e. The van der Waals surface area contributed by atoms with Gasteiger partial charge >= 0.3 is 5.97 Å². The topological polar surface area (TPSA) is 79.7 Å². The van der Waals surface area contributed by atoms with Crippen LogP contribution in [0.1, 0.15) is 13.8 Å². The SMILES string of the molecule is CC(Oc1cccnc1)C(=O)N(C)C(C)C(=O)O. The summed E-state index contributed by atoms with van der Waals surface area (Å²) < 4.78 is 5.38. The summed E-state index contributed by atoms with van der Waals surface area (Å²) >= 11 is 0. The Labute approximate surface area is 105 Å². The molecule has 1 aromatic heterocycles. The third-order valence-electron chi connectivity index (χ3n) is 2.58. The third-order valence-corrected chi connectivity index (χ3v) is 2.58. The van der Waals surface area contributed by atoms with Crippen LogP contribution >= 0.6 is 0 Å². The lowest BCUT2D eigenvalue weighted by atomic mass is 10.2. The number of carboxylic acid groups (broad SMARTS) is 1. The Balaban J connectivity index is 2.64. The van der Waals surface area contributed by atoms with E-state index in [1.165, 1.54) is 20.2 Å².